The standard InChI is InChI=1S/C12H11NO5/c14-10(15)6-3-7-13(18)11(16)8-4-1-2-5-9(8)12(13)17/h1-2,4-5,18H,3,6-7H2/p+1. The maximum atomic E-state index is 12.0. The molecule has 6 nitrogen and oxygen atoms in total. The van der Waals surface area contributed by atoms with E-state index in [0.29, 0.717) is 0 Å². The smallest absolute Gasteiger partial charge is 0.386 e. The van der Waals surface area contributed by atoms with Crippen molar-refractivity contribution in [3.63, 3.8) is 0 Å². The SMILES string of the molecule is O=C(O)CCC[N+]1(O)C(=O)c2ccccc2C1=O. The Morgan fingerprint density at radius 1 is 1.11 bits per heavy atom. The summed E-state index contributed by atoms with van der Waals surface area (Å²) in [5.41, 5.74) is 0.362. The molecule has 1 aliphatic heterocycles. The molecule has 2 amide bonds. The van der Waals surface area contributed by atoms with Gasteiger partial charge in [0.05, 0.1) is 17.5 Å². The van der Waals surface area contributed by atoms with E-state index in [0.717, 1.165) is 0 Å². The number of carboxylic acids is 1. The summed E-state index contributed by atoms with van der Waals surface area (Å²) in [6, 6.07) is 6.17. The summed E-state index contributed by atoms with van der Waals surface area (Å²) in [4.78, 5) is 34.3. The summed E-state index contributed by atoms with van der Waals surface area (Å²) in [6.45, 7) is -0.224. The van der Waals surface area contributed by atoms with Crippen molar-refractivity contribution in [1.29, 1.82) is 0 Å². The first-order valence-electron chi connectivity index (χ1n) is 5.48. The van der Waals surface area contributed by atoms with Gasteiger partial charge in [-0.05, 0) is 12.1 Å². The van der Waals surface area contributed by atoms with Crippen molar-refractivity contribution in [3.8, 4) is 0 Å². The van der Waals surface area contributed by atoms with Crippen LogP contribution in [-0.2, 0) is 4.79 Å². The van der Waals surface area contributed by atoms with Gasteiger partial charge in [-0.1, -0.05) is 16.8 Å². The van der Waals surface area contributed by atoms with Gasteiger partial charge in [0.2, 0.25) is 0 Å². The second kappa shape index (κ2) is 4.32. The number of quaternary nitrogens is 1. The minimum Gasteiger partial charge on any atom is -0.481 e. The third-order valence-corrected chi connectivity index (χ3v) is 2.93. The molecular formula is C12H12NO5+. The normalized spacial score (nSPS) is 16.7. The number of imide groups is 1. The quantitative estimate of drug-likeness (QED) is 0.473. The molecule has 1 aromatic carbocycles. The fourth-order valence-electron chi connectivity index (χ4n) is 2.01. The van der Waals surface area contributed by atoms with Gasteiger partial charge in [0.15, 0.2) is 0 Å². The molecule has 0 spiro atoms. The Morgan fingerprint density at radius 3 is 2.06 bits per heavy atom. The molecule has 2 N–H and O–H groups in total. The maximum Gasteiger partial charge on any atom is 0.386 e. The summed E-state index contributed by atoms with van der Waals surface area (Å²) in [6.07, 6.45) is -0.144. The van der Waals surface area contributed by atoms with Crippen molar-refractivity contribution in [3.05, 3.63) is 35.4 Å². The number of amides is 2. The molecular weight excluding hydrogens is 238 g/mol. The van der Waals surface area contributed by atoms with Gasteiger partial charge < -0.3 is 5.11 Å². The van der Waals surface area contributed by atoms with E-state index in [1.165, 1.54) is 12.1 Å². The van der Waals surface area contributed by atoms with Gasteiger partial charge in [-0.3, -0.25) is 4.79 Å². The number of fused-ring (bicyclic) bond motifs is 1. The van der Waals surface area contributed by atoms with E-state index in [4.69, 9.17) is 5.11 Å². The highest BCUT2D eigenvalue weighted by Crippen LogP contribution is 2.28. The van der Waals surface area contributed by atoms with Crippen LogP contribution in [0.5, 0.6) is 0 Å². The minimum atomic E-state index is -1.35. The van der Waals surface area contributed by atoms with Crippen LogP contribution in [0.4, 0.5) is 0 Å². The van der Waals surface area contributed by atoms with Crippen molar-refractivity contribution in [2.75, 3.05) is 6.54 Å². The molecule has 0 unspecified atom stereocenters. The zero-order valence-corrected chi connectivity index (χ0v) is 9.50. The van der Waals surface area contributed by atoms with Gasteiger partial charge >= 0.3 is 17.8 Å². The summed E-state index contributed by atoms with van der Waals surface area (Å²) in [5, 5.41) is 18.6. The summed E-state index contributed by atoms with van der Waals surface area (Å²) >= 11 is 0. The van der Waals surface area contributed by atoms with Crippen LogP contribution in [0.15, 0.2) is 24.3 Å². The van der Waals surface area contributed by atoms with Crippen molar-refractivity contribution in [2.45, 2.75) is 12.8 Å². The Balaban J connectivity index is 2.24. The van der Waals surface area contributed by atoms with Crippen LogP contribution in [0.3, 0.4) is 0 Å². The van der Waals surface area contributed by atoms with Gasteiger partial charge in [0, 0.05) is 6.42 Å². The Morgan fingerprint density at radius 2 is 1.61 bits per heavy atom. The van der Waals surface area contributed by atoms with Crippen molar-refractivity contribution in [2.24, 2.45) is 0 Å². The van der Waals surface area contributed by atoms with Gasteiger partial charge in [0.1, 0.15) is 6.54 Å². The van der Waals surface area contributed by atoms with Crippen LogP contribution in [0.2, 0.25) is 0 Å². The highest BCUT2D eigenvalue weighted by Gasteiger charge is 2.53. The molecule has 0 saturated carbocycles. The van der Waals surface area contributed by atoms with Crippen LogP contribution >= 0.6 is 0 Å². The largest absolute Gasteiger partial charge is 0.481 e. The Kier molecular flexibility index (Phi) is 2.98. The minimum absolute atomic E-state index is 0.0529. The fourth-order valence-corrected chi connectivity index (χ4v) is 2.01. The number of hydrogen-bond acceptors (Lipinski definition) is 4. The predicted molar refractivity (Wildman–Crippen MR) is 58.9 cm³/mol. The zero-order chi connectivity index (χ0) is 13.3. The molecule has 1 heterocycles. The van der Waals surface area contributed by atoms with E-state index >= 15 is 0 Å². The molecule has 6 heteroatoms. The number of carbonyl (C=O) groups is 3. The second-order valence-electron chi connectivity index (χ2n) is 4.15. The topological polar surface area (TPSA) is 91.7 Å². The predicted octanol–water partition coefficient (Wildman–Crippen LogP) is 1.05. The first-order valence-corrected chi connectivity index (χ1v) is 5.48. The molecule has 0 radical (unpaired) electrons. The van der Waals surface area contributed by atoms with Gasteiger partial charge in [-0.15, -0.1) is 0 Å². The Hall–Kier alpha value is -2.05. The lowest BCUT2D eigenvalue weighted by Crippen LogP contribution is -2.50. The molecule has 0 aromatic heterocycles. The van der Waals surface area contributed by atoms with Crippen LogP contribution in [-0.4, -0.2) is 39.3 Å². The third-order valence-electron chi connectivity index (χ3n) is 2.93. The number of carboxylic acid groups (broad SMARTS) is 1. The molecule has 94 valence electrons. The summed E-state index contributed by atoms with van der Waals surface area (Å²) in [5.74, 6) is -2.42. The Bertz CT molecular complexity index is 502. The number of rotatable bonds is 4. The average Bonchev–Trinajstić information content (AvgIpc) is 2.53. The van der Waals surface area contributed by atoms with Gasteiger partial charge in [-0.2, -0.15) is 0 Å². The van der Waals surface area contributed by atoms with E-state index in [1.54, 1.807) is 12.1 Å². The van der Waals surface area contributed by atoms with Gasteiger partial charge in [0.25, 0.3) is 0 Å². The number of benzene rings is 1. The van der Waals surface area contributed by atoms with E-state index in [2.05, 4.69) is 0 Å². The second-order valence-corrected chi connectivity index (χ2v) is 4.15. The van der Waals surface area contributed by atoms with E-state index in [1.807, 2.05) is 0 Å². The molecule has 0 aliphatic carbocycles. The lowest BCUT2D eigenvalue weighted by Gasteiger charge is -2.18. The van der Waals surface area contributed by atoms with E-state index in [-0.39, 0.29) is 30.5 Å². The molecule has 1 aromatic rings. The molecule has 0 fully saturated rings. The van der Waals surface area contributed by atoms with Crippen LogP contribution < -0.4 is 0 Å². The molecule has 1 aliphatic rings. The zero-order valence-electron chi connectivity index (χ0n) is 9.50. The molecule has 18 heavy (non-hydrogen) atoms. The number of hydrogen-bond donors (Lipinski definition) is 2. The highest BCUT2D eigenvalue weighted by atomic mass is 16.6. The number of nitrogens with zero attached hydrogens (tertiary/aromatic N) is 1. The average molecular weight is 250 g/mol. The summed E-state index contributed by atoms with van der Waals surface area (Å²) in [7, 11) is 0. The van der Waals surface area contributed by atoms with Crippen molar-refractivity contribution >= 4 is 17.8 Å². The first-order chi connectivity index (χ1) is 8.47. The van der Waals surface area contributed by atoms with E-state index < -0.39 is 22.4 Å². The molecule has 0 saturated heterocycles. The lowest BCUT2D eigenvalue weighted by molar-refractivity contribution is -0.965. The van der Waals surface area contributed by atoms with Crippen molar-refractivity contribution < 1.29 is 29.3 Å². The van der Waals surface area contributed by atoms with Gasteiger partial charge in [-0.25, -0.2) is 14.8 Å². The van der Waals surface area contributed by atoms with Crippen LogP contribution in [0, 0.1) is 0 Å². The number of carbonyl (C=O) groups excluding carboxylic acids is 2. The summed E-state index contributed by atoms with van der Waals surface area (Å²) < 4.78 is -1.35. The Labute approximate surface area is 103 Å². The van der Waals surface area contributed by atoms with Crippen LogP contribution in [0.25, 0.3) is 0 Å². The molecule has 2 rings (SSSR count). The third kappa shape index (κ3) is 1.81. The number of aliphatic carboxylic acids is 1. The fraction of sp³-hybridized carbons (Fsp3) is 0.250. The lowest BCUT2D eigenvalue weighted by atomic mass is 10.1. The van der Waals surface area contributed by atoms with Crippen LogP contribution in [0.1, 0.15) is 33.6 Å². The highest BCUT2D eigenvalue weighted by molar-refractivity contribution is 6.13. The molecule has 0 atom stereocenters. The monoisotopic (exact) mass is 250 g/mol. The van der Waals surface area contributed by atoms with E-state index in [9.17, 15) is 19.6 Å². The maximum absolute atomic E-state index is 12.0. The molecule has 0 bridgehead atoms. The number of hydroxylamine groups is 3. The first kappa shape index (κ1) is 12.4. The van der Waals surface area contributed by atoms with Crippen molar-refractivity contribution in [1.82, 2.24) is 0 Å².